The molecule has 0 bridgehead atoms. The second-order valence-electron chi connectivity index (χ2n) is 11.7. The first-order valence-electron chi connectivity index (χ1n) is 15.5. The van der Waals surface area contributed by atoms with Crippen molar-refractivity contribution >= 4 is 23.4 Å². The van der Waals surface area contributed by atoms with Gasteiger partial charge in [0.25, 0.3) is 5.91 Å². The van der Waals surface area contributed by atoms with Gasteiger partial charge in [-0.1, -0.05) is 0 Å². The number of carbonyl (C=O) groups is 1. The molecule has 3 aliphatic heterocycles. The Kier molecular flexibility index (Phi) is 9.62. The molecule has 13 nitrogen and oxygen atoms in total. The first-order chi connectivity index (χ1) is 22.7. The van der Waals surface area contributed by atoms with Crippen LogP contribution in [0.3, 0.4) is 0 Å². The number of benzene rings is 1. The number of rotatable bonds is 9. The third-order valence-corrected chi connectivity index (χ3v) is 8.61. The lowest BCUT2D eigenvalue weighted by atomic mass is 10.0. The summed E-state index contributed by atoms with van der Waals surface area (Å²) in [5, 5.41) is 22.4. The fourth-order valence-electron chi connectivity index (χ4n) is 5.91. The molecule has 6 rings (SSSR count). The molecule has 2 aromatic heterocycles. The summed E-state index contributed by atoms with van der Waals surface area (Å²) in [5.74, 6) is -0.218. The molecular weight excluding hydrogens is 614 g/mol. The van der Waals surface area contributed by atoms with Gasteiger partial charge in [-0.05, 0) is 37.3 Å². The number of nitrogens with one attached hydrogen (secondary N) is 1. The number of halogens is 2. The van der Waals surface area contributed by atoms with Gasteiger partial charge in [-0.3, -0.25) is 9.69 Å². The summed E-state index contributed by atoms with van der Waals surface area (Å²) in [4.78, 5) is 30.9. The van der Waals surface area contributed by atoms with Crippen molar-refractivity contribution in [3.05, 3.63) is 47.9 Å². The predicted octanol–water partition coefficient (Wildman–Crippen LogP) is 2.52. The molecular formula is C32H36F2N8O5. The number of carbonyl (C=O) groups excluding carboxylic acids is 1. The van der Waals surface area contributed by atoms with E-state index in [1.165, 1.54) is 30.0 Å². The van der Waals surface area contributed by atoms with Crippen LogP contribution in [0.2, 0.25) is 0 Å². The fraction of sp³-hybridized carbons (Fsp3) is 0.469. The van der Waals surface area contributed by atoms with Crippen LogP contribution in [-0.2, 0) is 9.53 Å². The van der Waals surface area contributed by atoms with Gasteiger partial charge in [0.15, 0.2) is 12.0 Å². The maximum atomic E-state index is 15.0. The van der Waals surface area contributed by atoms with Gasteiger partial charge >= 0.3 is 0 Å². The van der Waals surface area contributed by atoms with E-state index < -0.39 is 30.1 Å². The van der Waals surface area contributed by atoms with E-state index in [1.807, 2.05) is 12.1 Å². The quantitative estimate of drug-likeness (QED) is 0.351. The number of methoxy groups -OCH3 is 1. The highest BCUT2D eigenvalue weighted by Gasteiger charge is 2.35. The molecule has 1 amide bonds. The number of alkyl halides is 1. The number of anilines is 3. The third kappa shape index (κ3) is 7.04. The Hall–Kier alpha value is -4.65. The van der Waals surface area contributed by atoms with Crippen molar-refractivity contribution in [1.29, 1.82) is 5.26 Å². The number of hydrogen-bond donors (Lipinski definition) is 2. The Labute approximate surface area is 270 Å². The topological polar surface area (TPSA) is 149 Å². The SMILES string of the molecule is COc1nc(Nc2ncc(F)c(-c3ccc(O[C@H]4CCN(C(=O)C(C)O)C[C@H]4F)c(C#N)c3)n2)ccc1N1CCN(C2COC2)CC1. The van der Waals surface area contributed by atoms with Gasteiger partial charge in [-0.2, -0.15) is 10.2 Å². The number of nitrogens with zero attached hydrogens (tertiary/aromatic N) is 7. The van der Waals surface area contributed by atoms with Crippen molar-refractivity contribution < 1.29 is 32.9 Å². The summed E-state index contributed by atoms with van der Waals surface area (Å²) in [7, 11) is 1.56. The van der Waals surface area contributed by atoms with Crippen LogP contribution in [0.15, 0.2) is 36.5 Å². The lowest BCUT2D eigenvalue weighted by Gasteiger charge is -2.43. The fourth-order valence-corrected chi connectivity index (χ4v) is 5.91. The third-order valence-electron chi connectivity index (χ3n) is 8.61. The van der Waals surface area contributed by atoms with Gasteiger partial charge in [0.1, 0.15) is 41.2 Å². The average molecular weight is 651 g/mol. The summed E-state index contributed by atoms with van der Waals surface area (Å²) < 4.78 is 46.6. The minimum Gasteiger partial charge on any atom is -0.486 e. The second-order valence-corrected chi connectivity index (χ2v) is 11.7. The second kappa shape index (κ2) is 14.0. The number of hydrogen-bond acceptors (Lipinski definition) is 12. The lowest BCUT2D eigenvalue weighted by Crippen LogP contribution is -2.56. The van der Waals surface area contributed by atoms with E-state index in [-0.39, 0.29) is 42.5 Å². The number of piperidine rings is 1. The molecule has 3 atom stereocenters. The van der Waals surface area contributed by atoms with Crippen molar-refractivity contribution in [2.45, 2.75) is 37.8 Å². The van der Waals surface area contributed by atoms with E-state index in [0.29, 0.717) is 23.3 Å². The summed E-state index contributed by atoms with van der Waals surface area (Å²) in [5.41, 5.74) is 1.16. The minimum absolute atomic E-state index is 0.0582. The van der Waals surface area contributed by atoms with Crippen LogP contribution in [0.5, 0.6) is 11.6 Å². The Morgan fingerprint density at radius 3 is 2.62 bits per heavy atom. The van der Waals surface area contributed by atoms with E-state index in [9.17, 15) is 23.9 Å². The van der Waals surface area contributed by atoms with Crippen molar-refractivity contribution in [1.82, 2.24) is 24.8 Å². The molecule has 1 unspecified atom stereocenters. The van der Waals surface area contributed by atoms with Crippen LogP contribution in [0.1, 0.15) is 18.9 Å². The Morgan fingerprint density at radius 2 is 1.96 bits per heavy atom. The van der Waals surface area contributed by atoms with Crippen molar-refractivity contribution in [2.75, 3.05) is 69.8 Å². The number of pyridine rings is 1. The van der Waals surface area contributed by atoms with Gasteiger partial charge in [-0.15, -0.1) is 0 Å². The Balaban J connectivity index is 1.14. The predicted molar refractivity (Wildman–Crippen MR) is 167 cm³/mol. The van der Waals surface area contributed by atoms with Gasteiger partial charge in [0, 0.05) is 44.7 Å². The molecule has 3 saturated heterocycles. The number of ether oxygens (including phenoxy) is 3. The van der Waals surface area contributed by atoms with Crippen molar-refractivity contribution in [3.8, 4) is 29.0 Å². The number of aromatic nitrogens is 3. The summed E-state index contributed by atoms with van der Waals surface area (Å²) in [6, 6.07) is 10.6. The first kappa shape index (κ1) is 32.3. The van der Waals surface area contributed by atoms with Gasteiger partial charge in [0.05, 0.1) is 44.7 Å². The monoisotopic (exact) mass is 650 g/mol. The number of aliphatic hydroxyl groups excluding tert-OH is 1. The van der Waals surface area contributed by atoms with E-state index in [1.54, 1.807) is 13.2 Å². The smallest absolute Gasteiger partial charge is 0.251 e. The molecule has 3 fully saturated rings. The van der Waals surface area contributed by atoms with Crippen molar-refractivity contribution in [3.63, 3.8) is 0 Å². The summed E-state index contributed by atoms with van der Waals surface area (Å²) >= 11 is 0. The molecule has 2 N–H and O–H groups in total. The zero-order chi connectivity index (χ0) is 33.1. The molecule has 0 spiro atoms. The maximum Gasteiger partial charge on any atom is 0.251 e. The molecule has 47 heavy (non-hydrogen) atoms. The molecule has 0 saturated carbocycles. The van der Waals surface area contributed by atoms with Crippen LogP contribution < -0.4 is 19.7 Å². The van der Waals surface area contributed by atoms with Crippen LogP contribution in [0.25, 0.3) is 11.3 Å². The zero-order valence-electron chi connectivity index (χ0n) is 26.1. The largest absolute Gasteiger partial charge is 0.486 e. The Morgan fingerprint density at radius 1 is 1.17 bits per heavy atom. The van der Waals surface area contributed by atoms with E-state index in [4.69, 9.17) is 14.2 Å². The molecule has 3 aromatic rings. The maximum absolute atomic E-state index is 15.0. The van der Waals surface area contributed by atoms with E-state index >= 15 is 0 Å². The molecule has 248 valence electrons. The Bertz CT molecular complexity index is 1640. The normalized spacial score (nSPS) is 21.0. The number of likely N-dealkylation sites (tertiary alicyclic amines) is 1. The van der Waals surface area contributed by atoms with Crippen LogP contribution in [-0.4, -0.2) is 120 Å². The van der Waals surface area contributed by atoms with Gasteiger partial charge < -0.3 is 34.4 Å². The average Bonchev–Trinajstić information content (AvgIpc) is 3.06. The highest BCUT2D eigenvalue weighted by molar-refractivity contribution is 5.80. The zero-order valence-corrected chi connectivity index (χ0v) is 26.1. The van der Waals surface area contributed by atoms with E-state index in [2.05, 4.69) is 30.1 Å². The number of amides is 1. The molecule has 1 aromatic carbocycles. The van der Waals surface area contributed by atoms with Gasteiger partial charge in [0.2, 0.25) is 11.8 Å². The number of aliphatic hydroxyl groups is 1. The van der Waals surface area contributed by atoms with Crippen molar-refractivity contribution in [2.24, 2.45) is 0 Å². The van der Waals surface area contributed by atoms with Gasteiger partial charge in [-0.25, -0.2) is 18.7 Å². The number of piperazine rings is 1. The lowest BCUT2D eigenvalue weighted by molar-refractivity contribution is -0.143. The van der Waals surface area contributed by atoms with Crippen LogP contribution in [0, 0.1) is 17.1 Å². The molecule has 15 heteroatoms. The van der Waals surface area contributed by atoms with Crippen LogP contribution >= 0.6 is 0 Å². The first-order valence-corrected chi connectivity index (χ1v) is 15.5. The van der Waals surface area contributed by atoms with Crippen LogP contribution in [0.4, 0.5) is 26.2 Å². The highest BCUT2D eigenvalue weighted by atomic mass is 19.1. The standard InChI is InChI=1S/C32H36F2N8O5/c1-19(43)31(44)42-8-7-27(24(34)16-42)47-26-5-3-20(13-21(26)14-35)29-23(33)15-36-32(39-29)38-28-6-4-25(30(37-28)45-2)41-11-9-40(10-12-41)22-17-46-18-22/h3-6,13,15,19,22,24,27,43H,7-12,16-18H2,1-2H3,(H,36,37,38,39)/t19?,24-,27+/m1/s1. The molecule has 3 aliphatic rings. The number of nitriles is 1. The highest BCUT2D eigenvalue weighted by Crippen LogP contribution is 2.32. The summed E-state index contributed by atoms with van der Waals surface area (Å²) in [6.07, 6.45) is -2.45. The molecule has 5 heterocycles. The van der Waals surface area contributed by atoms with E-state index in [0.717, 1.165) is 51.3 Å². The summed E-state index contributed by atoms with van der Waals surface area (Å²) in [6.45, 7) is 6.39. The molecule has 0 radical (unpaired) electrons. The molecule has 0 aliphatic carbocycles. The minimum atomic E-state index is -1.52.